The van der Waals surface area contributed by atoms with Crippen molar-refractivity contribution < 1.29 is 4.74 Å². The predicted molar refractivity (Wildman–Crippen MR) is 89.3 cm³/mol. The lowest BCUT2D eigenvalue weighted by Gasteiger charge is -2.44. The van der Waals surface area contributed by atoms with Crippen LogP contribution in [0.5, 0.6) is 5.75 Å². The first-order valence-corrected chi connectivity index (χ1v) is 9.26. The highest BCUT2D eigenvalue weighted by Gasteiger charge is 2.68. The fraction of sp³-hybridized carbons (Fsp3) is 0.625. The van der Waals surface area contributed by atoms with Gasteiger partial charge in [-0.25, -0.2) is 0 Å². The number of methoxy groups -OCH3 is 1. The number of hydrogen-bond acceptors (Lipinski definition) is 4. The van der Waals surface area contributed by atoms with Crippen LogP contribution in [0.15, 0.2) is 18.2 Å². The summed E-state index contributed by atoms with van der Waals surface area (Å²) in [6.07, 6.45) is 2.56. The molecule has 0 radical (unpaired) electrons. The maximum absolute atomic E-state index is 5.39. The molecule has 3 aliphatic rings. The lowest BCUT2D eigenvalue weighted by Crippen LogP contribution is -2.51. The molecule has 20 heavy (non-hydrogen) atoms. The molecule has 2 heterocycles. The van der Waals surface area contributed by atoms with Gasteiger partial charge in [-0.3, -0.25) is 0 Å². The SMILES string of the molecule is COc1ccc2c(c1)N[C@@]1(C)CCC3(SCCS3)[C@]21C. The van der Waals surface area contributed by atoms with E-state index in [4.69, 9.17) is 4.74 Å². The number of thioether (sulfide) groups is 2. The van der Waals surface area contributed by atoms with Gasteiger partial charge in [-0.05, 0) is 31.4 Å². The van der Waals surface area contributed by atoms with Gasteiger partial charge in [0.15, 0.2) is 0 Å². The standard InChI is InChI=1S/C16H21NOS2/c1-14-6-7-16(19-8-9-20-16)15(14,2)12-5-4-11(18-3)10-13(12)17-14/h4-5,10,17H,6-9H2,1-3H3/t14-,15+/m0/s1. The van der Waals surface area contributed by atoms with E-state index in [0.29, 0.717) is 4.08 Å². The van der Waals surface area contributed by atoms with Crippen LogP contribution in [0.2, 0.25) is 0 Å². The zero-order valence-electron chi connectivity index (χ0n) is 12.3. The van der Waals surface area contributed by atoms with E-state index in [9.17, 15) is 0 Å². The molecular weight excluding hydrogens is 286 g/mol. The molecule has 2 fully saturated rings. The maximum Gasteiger partial charge on any atom is 0.120 e. The average molecular weight is 307 g/mol. The highest BCUT2D eigenvalue weighted by Crippen LogP contribution is 2.71. The van der Waals surface area contributed by atoms with Crippen molar-refractivity contribution in [2.45, 2.75) is 41.7 Å². The Kier molecular flexibility index (Phi) is 2.67. The average Bonchev–Trinajstić information content (AvgIpc) is 3.06. The van der Waals surface area contributed by atoms with Gasteiger partial charge < -0.3 is 10.1 Å². The van der Waals surface area contributed by atoms with Crippen LogP contribution in [-0.2, 0) is 5.41 Å². The number of nitrogens with one attached hydrogen (secondary N) is 1. The fourth-order valence-electron chi connectivity index (χ4n) is 4.40. The van der Waals surface area contributed by atoms with Crippen LogP contribution in [0.4, 0.5) is 5.69 Å². The van der Waals surface area contributed by atoms with Gasteiger partial charge in [0.05, 0.1) is 11.2 Å². The van der Waals surface area contributed by atoms with Crippen molar-refractivity contribution in [2.75, 3.05) is 23.9 Å². The molecule has 108 valence electrons. The molecule has 1 aromatic carbocycles. The van der Waals surface area contributed by atoms with Gasteiger partial charge in [0, 0.05) is 34.2 Å². The number of fused-ring (bicyclic) bond motifs is 4. The molecule has 4 rings (SSSR count). The number of benzene rings is 1. The molecule has 0 bridgehead atoms. The molecule has 1 aliphatic carbocycles. The van der Waals surface area contributed by atoms with Crippen molar-refractivity contribution in [3.8, 4) is 5.75 Å². The fourth-order valence-corrected chi connectivity index (χ4v) is 8.30. The molecule has 2 nitrogen and oxygen atoms in total. The molecule has 1 spiro atoms. The second kappa shape index (κ2) is 4.04. The predicted octanol–water partition coefficient (Wildman–Crippen LogP) is 4.11. The van der Waals surface area contributed by atoms with Crippen LogP contribution in [0, 0.1) is 0 Å². The minimum atomic E-state index is 0.173. The van der Waals surface area contributed by atoms with Crippen LogP contribution < -0.4 is 10.1 Å². The number of anilines is 1. The minimum absolute atomic E-state index is 0.173. The molecule has 2 aliphatic heterocycles. The molecule has 0 aromatic heterocycles. The van der Waals surface area contributed by atoms with E-state index < -0.39 is 0 Å². The molecule has 1 aromatic rings. The van der Waals surface area contributed by atoms with Gasteiger partial charge >= 0.3 is 0 Å². The highest BCUT2D eigenvalue weighted by molar-refractivity contribution is 8.21. The Morgan fingerprint density at radius 1 is 1.15 bits per heavy atom. The molecule has 0 unspecified atom stereocenters. The molecule has 0 amide bonds. The number of ether oxygens (including phenoxy) is 1. The van der Waals surface area contributed by atoms with E-state index in [1.54, 1.807) is 7.11 Å². The van der Waals surface area contributed by atoms with E-state index in [1.165, 1.54) is 35.6 Å². The minimum Gasteiger partial charge on any atom is -0.497 e. The smallest absolute Gasteiger partial charge is 0.120 e. The first kappa shape index (κ1) is 13.2. The summed E-state index contributed by atoms with van der Waals surface area (Å²) in [6.45, 7) is 4.89. The molecule has 2 atom stereocenters. The van der Waals surface area contributed by atoms with E-state index in [2.05, 4.69) is 60.9 Å². The Morgan fingerprint density at radius 2 is 1.90 bits per heavy atom. The Labute approximate surface area is 129 Å². The zero-order chi connectivity index (χ0) is 14.0. The third kappa shape index (κ3) is 1.35. The summed E-state index contributed by atoms with van der Waals surface area (Å²) in [6, 6.07) is 6.58. The summed E-state index contributed by atoms with van der Waals surface area (Å²) in [4.78, 5) is 0. The summed E-state index contributed by atoms with van der Waals surface area (Å²) < 4.78 is 5.75. The summed E-state index contributed by atoms with van der Waals surface area (Å²) >= 11 is 4.38. The van der Waals surface area contributed by atoms with E-state index >= 15 is 0 Å². The summed E-state index contributed by atoms with van der Waals surface area (Å²) in [7, 11) is 1.74. The Balaban J connectivity index is 1.90. The number of hydrogen-bond donors (Lipinski definition) is 1. The van der Waals surface area contributed by atoms with Crippen LogP contribution in [-0.4, -0.2) is 28.2 Å². The van der Waals surface area contributed by atoms with Gasteiger partial charge in [0.1, 0.15) is 5.75 Å². The lowest BCUT2D eigenvalue weighted by atomic mass is 9.72. The van der Waals surface area contributed by atoms with Gasteiger partial charge in [0.2, 0.25) is 0 Å². The molecule has 4 heteroatoms. The van der Waals surface area contributed by atoms with Gasteiger partial charge in [-0.2, -0.15) is 0 Å². The van der Waals surface area contributed by atoms with Gasteiger partial charge in [-0.1, -0.05) is 13.0 Å². The van der Waals surface area contributed by atoms with E-state index in [-0.39, 0.29) is 11.0 Å². The van der Waals surface area contributed by atoms with E-state index in [1.807, 2.05) is 0 Å². The number of rotatable bonds is 1. The van der Waals surface area contributed by atoms with Crippen molar-refractivity contribution >= 4 is 29.2 Å². The second-order valence-electron chi connectivity index (χ2n) is 6.44. The highest BCUT2D eigenvalue weighted by atomic mass is 32.2. The van der Waals surface area contributed by atoms with Crippen molar-refractivity contribution in [2.24, 2.45) is 0 Å². The van der Waals surface area contributed by atoms with Crippen molar-refractivity contribution in [1.82, 2.24) is 0 Å². The molecular formula is C16H21NOS2. The van der Waals surface area contributed by atoms with E-state index in [0.717, 1.165) is 5.75 Å². The Bertz CT molecular complexity index is 570. The van der Waals surface area contributed by atoms with Crippen LogP contribution in [0.1, 0.15) is 32.3 Å². The third-order valence-electron chi connectivity index (χ3n) is 5.75. The lowest BCUT2D eigenvalue weighted by molar-refractivity contribution is 0.354. The van der Waals surface area contributed by atoms with Gasteiger partial charge in [-0.15, -0.1) is 23.5 Å². The van der Waals surface area contributed by atoms with Crippen LogP contribution >= 0.6 is 23.5 Å². The largest absolute Gasteiger partial charge is 0.497 e. The summed E-state index contributed by atoms with van der Waals surface area (Å²) in [5, 5.41) is 3.83. The molecule has 1 N–H and O–H groups in total. The van der Waals surface area contributed by atoms with Crippen molar-refractivity contribution in [1.29, 1.82) is 0 Å². The third-order valence-corrected chi connectivity index (χ3v) is 9.69. The monoisotopic (exact) mass is 307 g/mol. The second-order valence-corrected chi connectivity index (χ2v) is 9.49. The topological polar surface area (TPSA) is 21.3 Å². The first-order valence-electron chi connectivity index (χ1n) is 7.29. The van der Waals surface area contributed by atoms with Crippen LogP contribution in [0.3, 0.4) is 0 Å². The summed E-state index contributed by atoms with van der Waals surface area (Å²) in [5.41, 5.74) is 3.14. The molecule has 1 saturated carbocycles. The Morgan fingerprint density at radius 3 is 2.60 bits per heavy atom. The van der Waals surface area contributed by atoms with Gasteiger partial charge in [0.25, 0.3) is 0 Å². The Hall–Kier alpha value is -0.480. The summed E-state index contributed by atoms with van der Waals surface area (Å²) in [5.74, 6) is 3.54. The maximum atomic E-state index is 5.39. The van der Waals surface area contributed by atoms with Crippen molar-refractivity contribution in [3.63, 3.8) is 0 Å². The first-order chi connectivity index (χ1) is 9.55. The quantitative estimate of drug-likeness (QED) is 0.842. The normalized spacial score (nSPS) is 36.8. The zero-order valence-corrected chi connectivity index (χ0v) is 13.9. The molecule has 1 saturated heterocycles. The van der Waals surface area contributed by atoms with Crippen LogP contribution in [0.25, 0.3) is 0 Å². The van der Waals surface area contributed by atoms with Crippen molar-refractivity contribution in [3.05, 3.63) is 23.8 Å².